The van der Waals surface area contributed by atoms with Crippen LogP contribution in [0.5, 0.6) is 0 Å². The monoisotopic (exact) mass is 127 g/mol. The van der Waals surface area contributed by atoms with Crippen molar-refractivity contribution in [3.8, 4) is 0 Å². The molecule has 0 aromatic rings. The van der Waals surface area contributed by atoms with Crippen molar-refractivity contribution in [1.29, 1.82) is 0 Å². The highest BCUT2D eigenvalue weighted by Gasteiger charge is 1.80. The quantitative estimate of drug-likeness (QED) is 0.392. The van der Waals surface area contributed by atoms with Gasteiger partial charge in [-0.2, -0.15) is 0 Å². The lowest BCUT2D eigenvalue weighted by atomic mass is 10.4. The van der Waals surface area contributed by atoms with Crippen LogP contribution < -0.4 is 4.72 Å². The summed E-state index contributed by atoms with van der Waals surface area (Å²) in [5, 5.41) is 0. The van der Waals surface area contributed by atoms with Crippen LogP contribution in [0.2, 0.25) is 0 Å². The van der Waals surface area contributed by atoms with E-state index in [4.69, 9.17) is 0 Å². The van der Waals surface area contributed by atoms with Crippen molar-refractivity contribution >= 4 is 11.9 Å². The molecule has 44 valence electrons. The van der Waals surface area contributed by atoms with Crippen molar-refractivity contribution in [1.82, 2.24) is 4.72 Å². The van der Waals surface area contributed by atoms with Crippen molar-refractivity contribution in [2.75, 3.05) is 5.75 Å². The third kappa shape index (κ3) is 2.07. The van der Waals surface area contributed by atoms with Gasteiger partial charge in [-0.15, -0.1) is 0 Å². The highest BCUT2D eigenvalue weighted by Crippen LogP contribution is 1.98. The Morgan fingerprint density at radius 1 is 1.25 bits per heavy atom. The third-order valence-corrected chi connectivity index (χ3v) is 1.55. The van der Waals surface area contributed by atoms with Crippen LogP contribution in [0, 0.1) is 0 Å². The first-order chi connectivity index (χ1) is 4.00. The minimum atomic E-state index is 1.06. The molecule has 0 radical (unpaired) electrons. The number of nitrogens with one attached hydrogen (secondary N) is 1. The fourth-order valence-electron chi connectivity index (χ4n) is 0.503. The molecule has 1 aliphatic rings. The molecule has 1 N–H and O–H groups in total. The summed E-state index contributed by atoms with van der Waals surface area (Å²) in [5.74, 6) is 1.07. The average molecular weight is 127 g/mol. The van der Waals surface area contributed by atoms with Crippen molar-refractivity contribution in [3.63, 3.8) is 0 Å². The van der Waals surface area contributed by atoms with Crippen molar-refractivity contribution in [2.24, 2.45) is 0 Å². The minimum Gasteiger partial charge on any atom is -0.337 e. The molecule has 2 heteroatoms. The summed E-state index contributed by atoms with van der Waals surface area (Å²) in [6.07, 6.45) is 9.48. The summed E-state index contributed by atoms with van der Waals surface area (Å²) < 4.78 is 3.07. The molecule has 0 unspecified atom stereocenters. The summed E-state index contributed by atoms with van der Waals surface area (Å²) >= 11 is 1.71. The van der Waals surface area contributed by atoms with E-state index in [9.17, 15) is 0 Å². The highest BCUT2D eigenvalue weighted by molar-refractivity contribution is 7.97. The molecule has 1 rings (SSSR count). The van der Waals surface area contributed by atoms with Gasteiger partial charge in [0.1, 0.15) is 0 Å². The lowest BCUT2D eigenvalue weighted by Crippen LogP contribution is -1.92. The second kappa shape index (κ2) is 3.61. The second-order valence-corrected chi connectivity index (χ2v) is 2.40. The number of hydrogen-bond acceptors (Lipinski definition) is 2. The molecule has 0 aliphatic carbocycles. The molecule has 0 amide bonds. The molecule has 0 saturated carbocycles. The molecule has 8 heavy (non-hydrogen) atoms. The predicted octanol–water partition coefficient (Wildman–Crippen LogP) is 1.70. The third-order valence-electron chi connectivity index (χ3n) is 0.888. The Labute approximate surface area is 54.0 Å². The maximum atomic E-state index is 3.07. The van der Waals surface area contributed by atoms with E-state index in [-0.39, 0.29) is 0 Å². The maximum absolute atomic E-state index is 3.07. The van der Waals surface area contributed by atoms with Crippen molar-refractivity contribution < 1.29 is 0 Å². The second-order valence-electron chi connectivity index (χ2n) is 1.54. The predicted molar refractivity (Wildman–Crippen MR) is 38.5 cm³/mol. The van der Waals surface area contributed by atoms with E-state index in [1.54, 1.807) is 11.9 Å². The average Bonchev–Trinajstić information content (AvgIpc) is 1.62. The summed E-state index contributed by atoms with van der Waals surface area (Å²) in [6.45, 7) is 0. The largest absolute Gasteiger partial charge is 0.337 e. The van der Waals surface area contributed by atoms with Crippen LogP contribution in [0.15, 0.2) is 24.4 Å². The molecule has 0 bridgehead atoms. The van der Waals surface area contributed by atoms with E-state index < -0.39 is 0 Å². The zero-order valence-corrected chi connectivity index (χ0v) is 5.45. The Balaban J connectivity index is 2.31. The van der Waals surface area contributed by atoms with Gasteiger partial charge >= 0.3 is 0 Å². The number of allylic oxidation sites excluding steroid dienone is 2. The van der Waals surface area contributed by atoms with Crippen LogP contribution in [0.1, 0.15) is 6.42 Å². The van der Waals surface area contributed by atoms with Crippen LogP contribution in [0.25, 0.3) is 0 Å². The van der Waals surface area contributed by atoms with Gasteiger partial charge in [-0.25, -0.2) is 0 Å². The Bertz CT molecular complexity index is 95.1. The smallest absolute Gasteiger partial charge is 0.0312 e. The van der Waals surface area contributed by atoms with Gasteiger partial charge in [0.05, 0.1) is 0 Å². The molecule has 1 aliphatic heterocycles. The lowest BCUT2D eigenvalue weighted by Gasteiger charge is -1.96. The Kier molecular flexibility index (Phi) is 2.60. The molecule has 0 aromatic heterocycles. The van der Waals surface area contributed by atoms with Gasteiger partial charge < -0.3 is 4.72 Å². The normalized spacial score (nSPS) is 23.0. The zero-order chi connectivity index (χ0) is 5.66. The van der Waals surface area contributed by atoms with Crippen LogP contribution in [-0.2, 0) is 0 Å². The minimum absolute atomic E-state index is 1.06. The maximum Gasteiger partial charge on any atom is 0.0312 e. The molecule has 0 spiro atoms. The first-order valence-corrected chi connectivity index (χ1v) is 3.66. The first kappa shape index (κ1) is 5.76. The summed E-state index contributed by atoms with van der Waals surface area (Å²) in [6, 6.07) is 0. The molecule has 0 aromatic carbocycles. The Hall–Kier alpha value is -0.370. The standard InChI is InChI=1S/C6H9NS/c1-2-4-6-8-7-5-3-1/h2-5,7H,1,6H2/b4-2?,5-3-. The molecular weight excluding hydrogens is 118 g/mol. The van der Waals surface area contributed by atoms with Crippen LogP contribution in [-0.4, -0.2) is 5.75 Å². The molecular formula is C6H9NS. The van der Waals surface area contributed by atoms with Crippen LogP contribution >= 0.6 is 11.9 Å². The molecule has 1 heterocycles. The van der Waals surface area contributed by atoms with Gasteiger partial charge in [-0.3, -0.25) is 0 Å². The zero-order valence-electron chi connectivity index (χ0n) is 4.63. The van der Waals surface area contributed by atoms with Gasteiger partial charge in [0.25, 0.3) is 0 Å². The lowest BCUT2D eigenvalue weighted by molar-refractivity contribution is 1.29. The fraction of sp³-hybridized carbons (Fsp3) is 0.333. The van der Waals surface area contributed by atoms with Gasteiger partial charge in [-0.05, 0) is 18.4 Å². The summed E-state index contributed by atoms with van der Waals surface area (Å²) in [5.41, 5.74) is 0. The van der Waals surface area contributed by atoms with Crippen LogP contribution in [0.3, 0.4) is 0 Å². The van der Waals surface area contributed by atoms with E-state index in [0.717, 1.165) is 12.2 Å². The topological polar surface area (TPSA) is 12.0 Å². The number of rotatable bonds is 0. The fourth-order valence-corrected chi connectivity index (χ4v) is 1.02. The highest BCUT2D eigenvalue weighted by atomic mass is 32.2. The molecule has 0 atom stereocenters. The molecule has 1 nitrogen and oxygen atoms in total. The first-order valence-electron chi connectivity index (χ1n) is 2.67. The van der Waals surface area contributed by atoms with E-state index in [0.29, 0.717) is 0 Å². The van der Waals surface area contributed by atoms with E-state index >= 15 is 0 Å². The van der Waals surface area contributed by atoms with E-state index in [1.807, 2.05) is 6.20 Å². The summed E-state index contributed by atoms with van der Waals surface area (Å²) in [4.78, 5) is 0. The van der Waals surface area contributed by atoms with E-state index in [1.165, 1.54) is 0 Å². The van der Waals surface area contributed by atoms with Gasteiger partial charge in [-0.1, -0.05) is 18.2 Å². The Morgan fingerprint density at radius 3 is 3.25 bits per heavy atom. The van der Waals surface area contributed by atoms with Gasteiger partial charge in [0.2, 0.25) is 0 Å². The Morgan fingerprint density at radius 2 is 2.25 bits per heavy atom. The number of hydrogen-bond donors (Lipinski definition) is 1. The molecule has 0 fully saturated rings. The molecule has 0 saturated heterocycles. The van der Waals surface area contributed by atoms with Crippen LogP contribution in [0.4, 0.5) is 0 Å². The van der Waals surface area contributed by atoms with Gasteiger partial charge in [0, 0.05) is 12.0 Å². The SMILES string of the molecule is C1=CCSN/C=C\C1. The van der Waals surface area contributed by atoms with Gasteiger partial charge in [0.15, 0.2) is 0 Å². The summed E-state index contributed by atoms with van der Waals surface area (Å²) in [7, 11) is 0. The van der Waals surface area contributed by atoms with Crippen molar-refractivity contribution in [2.45, 2.75) is 6.42 Å². The van der Waals surface area contributed by atoms with Crippen molar-refractivity contribution in [3.05, 3.63) is 24.4 Å². The van der Waals surface area contributed by atoms with E-state index in [2.05, 4.69) is 23.0 Å².